The maximum absolute atomic E-state index is 11.9. The fourth-order valence-corrected chi connectivity index (χ4v) is 1.84. The third kappa shape index (κ3) is 3.32. The standard InChI is InChI=1S/C15H13NO6/c1-21-11-6-7-12(14(17)8-11)15(18)22-9-10-4-2-3-5-13(10)16(19)20/h2-8,17H,9H2,1H3. The van der Waals surface area contributed by atoms with Gasteiger partial charge in [-0.1, -0.05) is 12.1 Å². The molecule has 0 aliphatic carbocycles. The molecule has 1 N–H and O–H groups in total. The number of phenolic OH excluding ortho intramolecular Hbond substituents is 1. The highest BCUT2D eigenvalue weighted by molar-refractivity contribution is 5.92. The topological polar surface area (TPSA) is 98.9 Å². The number of phenols is 1. The number of nitrogens with zero attached hydrogens (tertiary/aromatic N) is 1. The van der Waals surface area contributed by atoms with Crippen molar-refractivity contribution in [1.29, 1.82) is 0 Å². The second-order valence-electron chi connectivity index (χ2n) is 4.35. The zero-order valence-electron chi connectivity index (χ0n) is 11.7. The predicted molar refractivity (Wildman–Crippen MR) is 76.9 cm³/mol. The highest BCUT2D eigenvalue weighted by atomic mass is 16.6. The molecule has 0 bridgehead atoms. The van der Waals surface area contributed by atoms with Crippen molar-refractivity contribution in [3.05, 3.63) is 63.7 Å². The first-order valence-electron chi connectivity index (χ1n) is 6.29. The molecule has 2 aromatic carbocycles. The minimum absolute atomic E-state index is 0.0422. The Kier molecular flexibility index (Phi) is 4.57. The highest BCUT2D eigenvalue weighted by Gasteiger charge is 2.17. The molecule has 0 spiro atoms. The summed E-state index contributed by atoms with van der Waals surface area (Å²) in [5.74, 6) is -0.669. The van der Waals surface area contributed by atoms with Crippen LogP contribution in [0.25, 0.3) is 0 Å². The van der Waals surface area contributed by atoms with Crippen molar-refractivity contribution in [3.8, 4) is 11.5 Å². The van der Waals surface area contributed by atoms with Gasteiger partial charge in [-0.2, -0.15) is 0 Å². The summed E-state index contributed by atoms with van der Waals surface area (Å²) in [5, 5.41) is 20.6. The van der Waals surface area contributed by atoms with E-state index in [-0.39, 0.29) is 29.2 Å². The molecule has 0 aliphatic heterocycles. The van der Waals surface area contributed by atoms with Crippen LogP contribution in [0.1, 0.15) is 15.9 Å². The monoisotopic (exact) mass is 303 g/mol. The Morgan fingerprint density at radius 1 is 1.27 bits per heavy atom. The summed E-state index contributed by atoms with van der Waals surface area (Å²) in [4.78, 5) is 22.3. The van der Waals surface area contributed by atoms with Crippen molar-refractivity contribution in [1.82, 2.24) is 0 Å². The largest absolute Gasteiger partial charge is 0.507 e. The summed E-state index contributed by atoms with van der Waals surface area (Å²) >= 11 is 0. The van der Waals surface area contributed by atoms with Crippen LogP contribution in [0.3, 0.4) is 0 Å². The van der Waals surface area contributed by atoms with Gasteiger partial charge in [0.15, 0.2) is 0 Å². The van der Waals surface area contributed by atoms with Crippen LogP contribution < -0.4 is 4.74 Å². The van der Waals surface area contributed by atoms with Gasteiger partial charge in [0.25, 0.3) is 5.69 Å². The second kappa shape index (κ2) is 6.57. The number of aromatic hydroxyl groups is 1. The van der Waals surface area contributed by atoms with Gasteiger partial charge in [-0.25, -0.2) is 4.79 Å². The number of methoxy groups -OCH3 is 1. The number of para-hydroxylation sites is 1. The summed E-state index contributed by atoms with van der Waals surface area (Å²) in [7, 11) is 1.43. The van der Waals surface area contributed by atoms with Crippen molar-refractivity contribution in [2.45, 2.75) is 6.61 Å². The van der Waals surface area contributed by atoms with E-state index in [1.807, 2.05) is 0 Å². The molecule has 0 aromatic heterocycles. The first-order chi connectivity index (χ1) is 10.5. The van der Waals surface area contributed by atoms with Gasteiger partial charge in [0.05, 0.1) is 17.6 Å². The summed E-state index contributed by atoms with van der Waals surface area (Å²) in [6.07, 6.45) is 0. The number of hydrogen-bond acceptors (Lipinski definition) is 6. The van der Waals surface area contributed by atoms with Gasteiger partial charge >= 0.3 is 5.97 Å². The van der Waals surface area contributed by atoms with Crippen molar-refractivity contribution in [2.24, 2.45) is 0 Å². The summed E-state index contributed by atoms with van der Waals surface area (Å²) in [6, 6.07) is 10.1. The molecule has 7 heteroatoms. The molecule has 0 heterocycles. The van der Waals surface area contributed by atoms with Crippen molar-refractivity contribution < 1.29 is 24.3 Å². The average molecular weight is 303 g/mol. The number of nitro groups is 1. The molecular formula is C15H13NO6. The Bertz CT molecular complexity index is 713. The van der Waals surface area contributed by atoms with E-state index in [4.69, 9.17) is 9.47 Å². The normalized spacial score (nSPS) is 10.0. The van der Waals surface area contributed by atoms with Gasteiger partial charge in [-0.05, 0) is 18.2 Å². The van der Waals surface area contributed by atoms with Crippen LogP contribution in [0.2, 0.25) is 0 Å². The molecule has 0 amide bonds. The highest BCUT2D eigenvalue weighted by Crippen LogP contribution is 2.25. The second-order valence-corrected chi connectivity index (χ2v) is 4.35. The quantitative estimate of drug-likeness (QED) is 0.518. The maximum atomic E-state index is 11.9. The zero-order valence-corrected chi connectivity index (χ0v) is 11.7. The van der Waals surface area contributed by atoms with E-state index in [1.165, 1.54) is 43.5 Å². The van der Waals surface area contributed by atoms with E-state index in [0.29, 0.717) is 5.75 Å². The van der Waals surface area contributed by atoms with Crippen LogP contribution in [-0.2, 0) is 11.3 Å². The lowest BCUT2D eigenvalue weighted by atomic mass is 10.2. The molecule has 2 rings (SSSR count). The number of carbonyl (C=O) groups excluding carboxylic acids is 1. The zero-order chi connectivity index (χ0) is 16.1. The number of ether oxygens (including phenoxy) is 2. The van der Waals surface area contributed by atoms with Crippen LogP contribution in [0.5, 0.6) is 11.5 Å². The number of hydrogen-bond donors (Lipinski definition) is 1. The molecule has 0 saturated carbocycles. The van der Waals surface area contributed by atoms with E-state index in [2.05, 4.69) is 0 Å². The van der Waals surface area contributed by atoms with E-state index < -0.39 is 10.9 Å². The molecule has 0 radical (unpaired) electrons. The first kappa shape index (κ1) is 15.3. The Balaban J connectivity index is 2.12. The van der Waals surface area contributed by atoms with Gasteiger partial charge in [-0.15, -0.1) is 0 Å². The minimum Gasteiger partial charge on any atom is -0.507 e. The molecule has 0 aliphatic rings. The molecule has 7 nitrogen and oxygen atoms in total. The van der Waals surface area contributed by atoms with E-state index >= 15 is 0 Å². The lowest BCUT2D eigenvalue weighted by molar-refractivity contribution is -0.385. The minimum atomic E-state index is -0.779. The van der Waals surface area contributed by atoms with Gasteiger partial charge in [0.1, 0.15) is 23.7 Å². The molecule has 0 saturated heterocycles. The van der Waals surface area contributed by atoms with Crippen molar-refractivity contribution in [2.75, 3.05) is 7.11 Å². The number of esters is 1. The Morgan fingerprint density at radius 2 is 2.00 bits per heavy atom. The van der Waals surface area contributed by atoms with Crippen LogP contribution in [0, 0.1) is 10.1 Å². The molecular weight excluding hydrogens is 290 g/mol. The Morgan fingerprint density at radius 3 is 2.64 bits per heavy atom. The number of carbonyl (C=O) groups is 1. The molecule has 0 unspecified atom stereocenters. The average Bonchev–Trinajstić information content (AvgIpc) is 2.52. The lowest BCUT2D eigenvalue weighted by Crippen LogP contribution is -2.07. The van der Waals surface area contributed by atoms with Crippen LogP contribution in [-0.4, -0.2) is 23.1 Å². The first-order valence-corrected chi connectivity index (χ1v) is 6.29. The third-order valence-electron chi connectivity index (χ3n) is 2.97. The number of nitro benzene ring substituents is 1. The molecule has 0 fully saturated rings. The van der Waals surface area contributed by atoms with Gasteiger partial charge in [0.2, 0.25) is 0 Å². The lowest BCUT2D eigenvalue weighted by Gasteiger charge is -2.08. The predicted octanol–water partition coefficient (Wildman–Crippen LogP) is 2.67. The van der Waals surface area contributed by atoms with Crippen LogP contribution in [0.15, 0.2) is 42.5 Å². The number of rotatable bonds is 5. The molecule has 22 heavy (non-hydrogen) atoms. The SMILES string of the molecule is COc1ccc(C(=O)OCc2ccccc2[N+](=O)[O-])c(O)c1. The van der Waals surface area contributed by atoms with Crippen LogP contribution >= 0.6 is 0 Å². The fraction of sp³-hybridized carbons (Fsp3) is 0.133. The van der Waals surface area contributed by atoms with Gasteiger partial charge in [0, 0.05) is 12.1 Å². The smallest absolute Gasteiger partial charge is 0.342 e. The molecule has 2 aromatic rings. The summed E-state index contributed by atoms with van der Waals surface area (Å²) in [6.45, 7) is -0.262. The van der Waals surface area contributed by atoms with Crippen molar-refractivity contribution >= 4 is 11.7 Å². The molecule has 0 atom stereocenters. The summed E-state index contributed by atoms with van der Waals surface area (Å²) in [5.41, 5.74) is 0.0995. The fourth-order valence-electron chi connectivity index (χ4n) is 1.84. The van der Waals surface area contributed by atoms with Crippen LogP contribution in [0.4, 0.5) is 5.69 Å². The van der Waals surface area contributed by atoms with Gasteiger partial charge < -0.3 is 14.6 Å². The Hall–Kier alpha value is -3.09. The maximum Gasteiger partial charge on any atom is 0.342 e. The van der Waals surface area contributed by atoms with E-state index in [9.17, 15) is 20.0 Å². The van der Waals surface area contributed by atoms with E-state index in [0.717, 1.165) is 0 Å². The molecule has 114 valence electrons. The third-order valence-corrected chi connectivity index (χ3v) is 2.97. The van der Waals surface area contributed by atoms with Crippen molar-refractivity contribution in [3.63, 3.8) is 0 Å². The Labute approximate surface area is 125 Å². The van der Waals surface area contributed by atoms with E-state index in [1.54, 1.807) is 6.07 Å². The van der Waals surface area contributed by atoms with Gasteiger partial charge in [-0.3, -0.25) is 10.1 Å². The number of benzene rings is 2. The summed E-state index contributed by atoms with van der Waals surface area (Å²) < 4.78 is 9.93.